The van der Waals surface area contributed by atoms with Gasteiger partial charge in [0.05, 0.1) is 29.5 Å². The fourth-order valence-corrected chi connectivity index (χ4v) is 6.89. The van der Waals surface area contributed by atoms with Crippen molar-refractivity contribution in [2.24, 2.45) is 11.3 Å². The highest BCUT2D eigenvalue weighted by Gasteiger charge is 2.58. The Hall–Kier alpha value is -0.960. The highest BCUT2D eigenvalue weighted by molar-refractivity contribution is 6.21. The minimum Gasteiger partial charge on any atom is -0.392 e. The number of hydrogen-bond acceptors (Lipinski definition) is 5. The Kier molecular flexibility index (Phi) is 8.66. The lowest BCUT2D eigenvalue weighted by molar-refractivity contribution is -0.157. The van der Waals surface area contributed by atoms with Crippen molar-refractivity contribution in [3.63, 3.8) is 0 Å². The number of carbonyl (C=O) groups is 3. The zero-order valence-corrected chi connectivity index (χ0v) is 21.6. The maximum atomic E-state index is 13.8. The Labute approximate surface area is 216 Å². The predicted molar refractivity (Wildman–Crippen MR) is 130 cm³/mol. The zero-order valence-electron chi connectivity index (χ0n) is 20.1. The molecular formula is C25H37Cl2FN2O5. The van der Waals surface area contributed by atoms with Gasteiger partial charge in [-0.3, -0.25) is 14.4 Å². The molecule has 5 aliphatic rings. The fourth-order valence-electron chi connectivity index (χ4n) is 6.41. The van der Waals surface area contributed by atoms with Crippen molar-refractivity contribution < 1.29 is 28.6 Å². The van der Waals surface area contributed by atoms with Crippen molar-refractivity contribution in [1.82, 2.24) is 10.6 Å². The maximum absolute atomic E-state index is 13.8. The number of carbonyl (C=O) groups excluding carboxylic acids is 3. The third kappa shape index (κ3) is 6.13. The van der Waals surface area contributed by atoms with Crippen LogP contribution in [0.4, 0.5) is 4.39 Å². The lowest BCUT2D eigenvalue weighted by Gasteiger charge is -2.55. The summed E-state index contributed by atoms with van der Waals surface area (Å²) < 4.78 is 19.4. The largest absolute Gasteiger partial charge is 0.392 e. The molecule has 5 rings (SSSR count). The van der Waals surface area contributed by atoms with E-state index in [0.717, 1.165) is 25.7 Å². The number of aliphatic hydroxyl groups is 1. The molecule has 3 N–H and O–H groups in total. The molecular weight excluding hydrogens is 498 g/mol. The average molecular weight is 535 g/mol. The van der Waals surface area contributed by atoms with Gasteiger partial charge in [0.1, 0.15) is 12.8 Å². The van der Waals surface area contributed by atoms with E-state index in [9.17, 15) is 23.9 Å². The Morgan fingerprint density at radius 1 is 1.00 bits per heavy atom. The van der Waals surface area contributed by atoms with Crippen LogP contribution in [-0.4, -0.2) is 70.5 Å². The number of fused-ring (bicyclic) bond motifs is 3. The molecule has 35 heavy (non-hydrogen) atoms. The van der Waals surface area contributed by atoms with Gasteiger partial charge in [0, 0.05) is 23.3 Å². The first-order chi connectivity index (χ1) is 16.6. The minimum absolute atomic E-state index is 0.0183. The van der Waals surface area contributed by atoms with E-state index in [-0.39, 0.29) is 61.0 Å². The van der Waals surface area contributed by atoms with Crippen molar-refractivity contribution in [3.05, 3.63) is 0 Å². The van der Waals surface area contributed by atoms with Crippen LogP contribution in [0.2, 0.25) is 0 Å². The molecule has 0 saturated heterocycles. The molecule has 0 radical (unpaired) electrons. The van der Waals surface area contributed by atoms with Crippen LogP contribution in [0.5, 0.6) is 0 Å². The second-order valence-corrected chi connectivity index (χ2v) is 12.3. The quantitative estimate of drug-likeness (QED) is 0.415. The second kappa shape index (κ2) is 11.2. The Bertz CT molecular complexity index is 799. The molecule has 3 unspecified atom stereocenters. The second-order valence-electron chi connectivity index (χ2n) is 11.1. The summed E-state index contributed by atoms with van der Waals surface area (Å²) in [4.78, 5) is 38.2. The number of rotatable bonds is 8. The van der Waals surface area contributed by atoms with E-state index in [1.807, 2.05) is 0 Å². The number of ketones is 1. The topological polar surface area (TPSA) is 105 Å². The molecule has 0 aromatic heterocycles. The van der Waals surface area contributed by atoms with Crippen LogP contribution in [0.15, 0.2) is 0 Å². The molecule has 5 fully saturated rings. The molecule has 0 spiro atoms. The number of aliphatic hydroxyl groups excluding tert-OH is 1. The van der Waals surface area contributed by atoms with E-state index in [4.69, 9.17) is 27.9 Å². The van der Waals surface area contributed by atoms with Crippen molar-refractivity contribution in [3.8, 4) is 0 Å². The van der Waals surface area contributed by atoms with Gasteiger partial charge in [-0.25, -0.2) is 4.39 Å². The van der Waals surface area contributed by atoms with Gasteiger partial charge in [-0.15, -0.1) is 23.2 Å². The van der Waals surface area contributed by atoms with Gasteiger partial charge in [0.25, 0.3) is 0 Å². The summed E-state index contributed by atoms with van der Waals surface area (Å²) in [6.07, 6.45) is 4.44. The first-order valence-electron chi connectivity index (χ1n) is 13.0. The summed E-state index contributed by atoms with van der Waals surface area (Å²) in [6, 6.07) is 0. The first-order valence-corrected chi connectivity index (χ1v) is 13.8. The number of alkyl halides is 3. The molecule has 0 heterocycles. The number of hydrogen-bond donors (Lipinski definition) is 3. The highest BCUT2D eigenvalue weighted by atomic mass is 35.5. The average Bonchev–Trinajstić information content (AvgIpc) is 2.84. The van der Waals surface area contributed by atoms with Gasteiger partial charge < -0.3 is 20.5 Å². The van der Waals surface area contributed by atoms with Gasteiger partial charge >= 0.3 is 0 Å². The lowest BCUT2D eigenvalue weighted by atomic mass is 9.55. The van der Waals surface area contributed by atoms with E-state index in [1.54, 1.807) is 0 Å². The van der Waals surface area contributed by atoms with Crippen molar-refractivity contribution in [2.45, 2.75) is 112 Å². The van der Waals surface area contributed by atoms with Gasteiger partial charge in [-0.05, 0) is 70.6 Å². The summed E-state index contributed by atoms with van der Waals surface area (Å²) in [7, 11) is 0. The normalized spacial score (nSPS) is 41.3. The van der Waals surface area contributed by atoms with Crippen molar-refractivity contribution in [1.29, 1.82) is 0 Å². The maximum Gasteiger partial charge on any atom is 0.246 e. The monoisotopic (exact) mass is 534 g/mol. The SMILES string of the molecule is O=C(COC1CCC(Cl)C(F)C1)NC12CCC(C(=O)NCC(=O)C3CCC(Cl)CC3)(CC1)[C@H](O)C2. The third-order valence-electron chi connectivity index (χ3n) is 8.81. The molecule has 4 atom stereocenters. The van der Waals surface area contributed by atoms with E-state index in [0.29, 0.717) is 38.5 Å². The lowest BCUT2D eigenvalue weighted by Crippen LogP contribution is -2.66. The Morgan fingerprint density at radius 3 is 2.31 bits per heavy atom. The Morgan fingerprint density at radius 2 is 1.69 bits per heavy atom. The number of amides is 2. The first kappa shape index (κ1) is 27.1. The third-order valence-corrected chi connectivity index (χ3v) is 9.74. The van der Waals surface area contributed by atoms with Crippen molar-refractivity contribution >= 4 is 40.8 Å². The Balaban J connectivity index is 1.23. The summed E-state index contributed by atoms with van der Waals surface area (Å²) in [5.74, 6) is -0.601. The van der Waals surface area contributed by atoms with E-state index in [2.05, 4.69) is 10.6 Å². The molecule has 0 aromatic rings. The molecule has 5 aliphatic carbocycles. The van der Waals surface area contributed by atoms with Crippen LogP contribution in [0.25, 0.3) is 0 Å². The zero-order chi connectivity index (χ0) is 25.2. The van der Waals surface area contributed by atoms with Crippen LogP contribution >= 0.6 is 23.2 Å². The molecule has 10 heteroatoms. The van der Waals surface area contributed by atoms with Crippen LogP contribution in [-0.2, 0) is 19.1 Å². The smallest absolute Gasteiger partial charge is 0.246 e. The van der Waals surface area contributed by atoms with Gasteiger partial charge in [0.2, 0.25) is 11.8 Å². The molecule has 198 valence electrons. The highest BCUT2D eigenvalue weighted by Crippen LogP contribution is 2.52. The summed E-state index contributed by atoms with van der Waals surface area (Å²) >= 11 is 12.0. The van der Waals surface area contributed by atoms with Gasteiger partial charge in [-0.1, -0.05) is 0 Å². The summed E-state index contributed by atoms with van der Waals surface area (Å²) in [5, 5.41) is 16.4. The number of halogens is 3. The molecule has 5 saturated carbocycles. The number of ether oxygens (including phenoxy) is 1. The fraction of sp³-hybridized carbons (Fsp3) is 0.880. The van der Waals surface area contributed by atoms with Gasteiger partial charge in [0.15, 0.2) is 5.78 Å². The molecule has 0 aliphatic heterocycles. The van der Waals surface area contributed by atoms with E-state index in [1.165, 1.54) is 0 Å². The number of Topliss-reactive ketones (excluding diaryl/α,β-unsaturated/α-hetero) is 1. The van der Waals surface area contributed by atoms with Crippen LogP contribution < -0.4 is 10.6 Å². The molecule has 2 amide bonds. The predicted octanol–water partition coefficient (Wildman–Crippen LogP) is 3.16. The van der Waals surface area contributed by atoms with E-state index >= 15 is 0 Å². The standard InChI is InChI=1S/C25H37Cl2FN2O5/c26-16-3-1-15(2-4-16)20(31)13-29-23(34)25-9-7-24(8-10-25,12-21(25)32)30-22(33)14-35-17-5-6-18(27)19(28)11-17/h15-19,21,32H,1-14H2,(H,29,34)(H,30,33)/t15?,16?,17?,18?,19?,21-,24?,25?/m1/s1. The minimum atomic E-state index is -1.13. The number of nitrogens with one attached hydrogen (secondary N) is 2. The van der Waals surface area contributed by atoms with Gasteiger partial charge in [-0.2, -0.15) is 0 Å². The molecule has 7 nitrogen and oxygen atoms in total. The summed E-state index contributed by atoms with van der Waals surface area (Å²) in [5.41, 5.74) is -1.50. The molecule has 2 bridgehead atoms. The van der Waals surface area contributed by atoms with Crippen molar-refractivity contribution in [2.75, 3.05) is 13.2 Å². The van der Waals surface area contributed by atoms with E-state index < -0.39 is 28.6 Å². The summed E-state index contributed by atoms with van der Waals surface area (Å²) in [6.45, 7) is -0.183. The van der Waals surface area contributed by atoms with Crippen LogP contribution in [0.1, 0.15) is 77.0 Å². The van der Waals surface area contributed by atoms with Crippen LogP contribution in [0.3, 0.4) is 0 Å². The van der Waals surface area contributed by atoms with Crippen LogP contribution in [0, 0.1) is 11.3 Å². The molecule has 0 aromatic carbocycles.